The third kappa shape index (κ3) is 9.85. The zero-order valence-corrected chi connectivity index (χ0v) is 32.8. The molecule has 0 aromatic carbocycles. The Bertz CT molecular complexity index is 1490. The van der Waals surface area contributed by atoms with Crippen molar-refractivity contribution in [3.05, 3.63) is 11.6 Å². The lowest BCUT2D eigenvalue weighted by Crippen LogP contribution is -2.54. The minimum Gasteiger partial charge on any atom is -0.465 e. The molecule has 10 unspecified atom stereocenters. The van der Waals surface area contributed by atoms with E-state index in [1.807, 2.05) is 0 Å². The molecule has 5 aliphatic carbocycles. The van der Waals surface area contributed by atoms with E-state index >= 15 is 0 Å². The van der Waals surface area contributed by atoms with Crippen LogP contribution in [-0.4, -0.2) is 73.9 Å². The van der Waals surface area contributed by atoms with Gasteiger partial charge in [0.25, 0.3) is 0 Å². The molecular weight excluding hydrogens is 726 g/mol. The molecule has 306 valence electrons. The van der Waals surface area contributed by atoms with Crippen molar-refractivity contribution in [3.8, 4) is 0 Å². The van der Waals surface area contributed by atoms with Gasteiger partial charge in [0.05, 0.1) is 18.6 Å². The van der Waals surface area contributed by atoms with E-state index in [1.165, 1.54) is 24.8 Å². The molecule has 10 atom stereocenters. The molecule has 6 fully saturated rings. The first-order chi connectivity index (χ1) is 25.6. The highest BCUT2D eigenvalue weighted by atomic mass is 32.2. The summed E-state index contributed by atoms with van der Waals surface area (Å²) in [7, 11) is -6.02. The largest absolute Gasteiger partial charge is 0.465 e. The van der Waals surface area contributed by atoms with E-state index in [1.54, 1.807) is 0 Å². The number of ether oxygens (including phenoxy) is 5. The van der Waals surface area contributed by atoms with E-state index in [9.17, 15) is 31.6 Å². The summed E-state index contributed by atoms with van der Waals surface area (Å²) in [5.41, 5.74) is -0.424. The molecule has 1 N–H and O–H groups in total. The molecule has 0 radical (unpaired) electrons. The van der Waals surface area contributed by atoms with Crippen LogP contribution < -0.4 is 0 Å². The van der Waals surface area contributed by atoms with Crippen molar-refractivity contribution in [1.29, 1.82) is 0 Å². The summed E-state index contributed by atoms with van der Waals surface area (Å²) < 4.78 is 90.1. The first-order valence-corrected chi connectivity index (χ1v) is 21.9. The highest BCUT2D eigenvalue weighted by Gasteiger charge is 2.58. The number of carbonyl (C=O) groups excluding carboxylic acids is 3. The maximum absolute atomic E-state index is 14.3. The van der Waals surface area contributed by atoms with E-state index in [0.717, 1.165) is 57.8 Å². The summed E-state index contributed by atoms with van der Waals surface area (Å²) in [4.78, 5) is 39.2. The van der Waals surface area contributed by atoms with Crippen LogP contribution in [-0.2, 0) is 48.2 Å². The fourth-order valence-corrected chi connectivity index (χ4v) is 11.0. The molecule has 1 aliphatic heterocycles. The van der Waals surface area contributed by atoms with Crippen LogP contribution in [0.3, 0.4) is 0 Å². The first kappa shape index (κ1) is 41.5. The normalized spacial score (nSPS) is 36.4. The van der Waals surface area contributed by atoms with Crippen LogP contribution in [0.2, 0.25) is 0 Å². The number of carbonyl (C=O) groups is 3. The zero-order valence-electron chi connectivity index (χ0n) is 31.9. The maximum atomic E-state index is 14.3. The molecule has 1 heterocycles. The van der Waals surface area contributed by atoms with E-state index in [4.69, 9.17) is 28.2 Å². The third-order valence-corrected chi connectivity index (χ3v) is 14.1. The average molecular weight is 787 g/mol. The van der Waals surface area contributed by atoms with Crippen LogP contribution in [0.15, 0.2) is 11.6 Å². The minimum absolute atomic E-state index is 0.00699. The number of hydrogen-bond donors (Lipinski definition) is 1. The van der Waals surface area contributed by atoms with Gasteiger partial charge in [-0.1, -0.05) is 51.2 Å². The number of rotatable bonds is 13. The molecule has 6 aliphatic rings. The number of allylic oxidation sites excluding steroid dienone is 2. The summed E-state index contributed by atoms with van der Waals surface area (Å²) in [6.07, 6.45) is 15.9. The second kappa shape index (κ2) is 17.1. The van der Waals surface area contributed by atoms with Crippen LogP contribution in [0.25, 0.3) is 0 Å². The van der Waals surface area contributed by atoms with E-state index in [-0.39, 0.29) is 69.3 Å². The van der Waals surface area contributed by atoms with Gasteiger partial charge in [-0.25, -0.2) is 4.79 Å². The van der Waals surface area contributed by atoms with Gasteiger partial charge in [-0.2, -0.15) is 17.2 Å². The standard InChI is InChI=1S/C40H60F2O11S/c1-26(16-28-8-4-3-5-9-28)12-13-34(43)49-23-32-24-50-35(52-33(32)25-51-36(44)38-14-6-10-29(20-38)17-27(2)19-38)31-18-30-11-7-15-39(21-30,22-31)53-37(45)40(41,42)54(46,47)48/h16,26-27,29-33,35H,3-15,17-25H2,1-2H3,(H,46,47,48). The summed E-state index contributed by atoms with van der Waals surface area (Å²) in [5.74, 6) is -2.51. The fourth-order valence-electron chi connectivity index (χ4n) is 10.8. The molecule has 5 saturated carbocycles. The predicted octanol–water partition coefficient (Wildman–Crippen LogP) is 7.71. The van der Waals surface area contributed by atoms with Crippen molar-refractivity contribution in [2.24, 2.45) is 40.9 Å². The molecular formula is C40H60F2O11S. The van der Waals surface area contributed by atoms with Crippen LogP contribution in [0, 0.1) is 40.9 Å². The second-order valence-corrected chi connectivity index (χ2v) is 19.3. The molecule has 54 heavy (non-hydrogen) atoms. The number of esters is 3. The quantitative estimate of drug-likeness (QED) is 0.0846. The second-order valence-electron chi connectivity index (χ2n) is 17.8. The van der Waals surface area contributed by atoms with Crippen LogP contribution in [0.4, 0.5) is 8.78 Å². The predicted molar refractivity (Wildman–Crippen MR) is 192 cm³/mol. The van der Waals surface area contributed by atoms with Crippen molar-refractivity contribution < 1.29 is 59.8 Å². The smallest absolute Gasteiger partial charge is 0.465 e. The number of halogens is 2. The number of hydrogen-bond acceptors (Lipinski definition) is 10. The molecule has 6 rings (SSSR count). The molecule has 11 nitrogen and oxygen atoms in total. The van der Waals surface area contributed by atoms with Gasteiger partial charge in [-0.05, 0) is 114 Å². The summed E-state index contributed by atoms with van der Waals surface area (Å²) in [6.45, 7) is 4.38. The molecule has 1 saturated heterocycles. The average Bonchev–Trinajstić information content (AvgIpc) is 3.11. The van der Waals surface area contributed by atoms with Crippen LogP contribution >= 0.6 is 0 Å². The lowest BCUT2D eigenvalue weighted by Gasteiger charge is -2.50. The fraction of sp³-hybridized carbons (Fsp3) is 0.875. The Kier molecular flexibility index (Phi) is 13.2. The van der Waals surface area contributed by atoms with Gasteiger partial charge in [0.1, 0.15) is 18.3 Å². The Morgan fingerprint density at radius 3 is 2.43 bits per heavy atom. The van der Waals surface area contributed by atoms with Gasteiger partial charge in [0.15, 0.2) is 6.29 Å². The summed E-state index contributed by atoms with van der Waals surface area (Å²) in [5, 5.41) is -5.10. The monoisotopic (exact) mass is 786 g/mol. The summed E-state index contributed by atoms with van der Waals surface area (Å²) in [6, 6.07) is 0. The SMILES string of the molecule is CC(C=C1CCCCC1)CCC(=O)OCC1COC(C2CC3CCCC(OC(=O)C(F)(F)S(=O)(=O)O)(C3)C2)OC1COC(=O)C12CCCC(CC(C)C1)C2. The van der Waals surface area contributed by atoms with Crippen molar-refractivity contribution >= 4 is 28.0 Å². The Balaban J connectivity index is 1.11. The Hall–Kier alpha value is -2.16. The van der Waals surface area contributed by atoms with Gasteiger partial charge >= 0.3 is 33.3 Å². The van der Waals surface area contributed by atoms with Gasteiger partial charge in [-0.15, -0.1) is 0 Å². The Morgan fingerprint density at radius 1 is 0.963 bits per heavy atom. The van der Waals surface area contributed by atoms with E-state index < -0.39 is 56.6 Å². The van der Waals surface area contributed by atoms with Gasteiger partial charge in [-0.3, -0.25) is 14.1 Å². The van der Waals surface area contributed by atoms with Crippen LogP contribution in [0.1, 0.15) is 136 Å². The molecule has 0 aromatic heterocycles. The highest BCUT2D eigenvalue weighted by Crippen LogP contribution is 2.52. The van der Waals surface area contributed by atoms with Gasteiger partial charge in [0.2, 0.25) is 0 Å². The van der Waals surface area contributed by atoms with Crippen molar-refractivity contribution in [3.63, 3.8) is 0 Å². The third-order valence-electron chi connectivity index (χ3n) is 13.3. The summed E-state index contributed by atoms with van der Waals surface area (Å²) >= 11 is 0. The molecule has 0 aromatic rings. The number of alkyl halides is 2. The van der Waals surface area contributed by atoms with Crippen LogP contribution in [0.5, 0.6) is 0 Å². The van der Waals surface area contributed by atoms with Gasteiger partial charge < -0.3 is 23.7 Å². The molecule has 14 heteroatoms. The van der Waals surface area contributed by atoms with E-state index in [2.05, 4.69) is 19.9 Å². The molecule has 0 spiro atoms. The molecule has 4 bridgehead atoms. The highest BCUT2D eigenvalue weighted by molar-refractivity contribution is 7.87. The van der Waals surface area contributed by atoms with Gasteiger partial charge in [0, 0.05) is 18.3 Å². The lowest BCUT2D eigenvalue weighted by atomic mass is 9.59. The topological polar surface area (TPSA) is 152 Å². The van der Waals surface area contributed by atoms with Crippen molar-refractivity contribution in [2.45, 2.75) is 159 Å². The van der Waals surface area contributed by atoms with Crippen molar-refractivity contribution in [1.82, 2.24) is 0 Å². The Labute approximate surface area is 318 Å². The number of fused-ring (bicyclic) bond motifs is 4. The molecule has 0 amide bonds. The maximum Gasteiger partial charge on any atom is 0.465 e. The Morgan fingerprint density at radius 2 is 1.69 bits per heavy atom. The van der Waals surface area contributed by atoms with Crippen molar-refractivity contribution in [2.75, 3.05) is 19.8 Å². The lowest BCUT2D eigenvalue weighted by molar-refractivity contribution is -0.283. The minimum atomic E-state index is -6.02. The zero-order chi connectivity index (χ0) is 38.7. The first-order valence-electron chi connectivity index (χ1n) is 20.4. The van der Waals surface area contributed by atoms with E-state index in [0.29, 0.717) is 31.1 Å².